The number of ether oxygens (including phenoxy) is 1. The van der Waals surface area contributed by atoms with Crippen molar-refractivity contribution in [1.82, 2.24) is 0 Å². The Balaban J connectivity index is 3.73. The van der Waals surface area contributed by atoms with Crippen molar-refractivity contribution in [1.29, 1.82) is 0 Å². The Kier molecular flexibility index (Phi) is 11.4. The minimum absolute atomic E-state index is 0.0178. The van der Waals surface area contributed by atoms with E-state index in [1.54, 1.807) is 6.26 Å². The van der Waals surface area contributed by atoms with E-state index in [2.05, 4.69) is 20.8 Å². The summed E-state index contributed by atoms with van der Waals surface area (Å²) in [5, 5.41) is 0. The van der Waals surface area contributed by atoms with E-state index in [-0.39, 0.29) is 6.10 Å². The van der Waals surface area contributed by atoms with Crippen LogP contribution in [0, 0.1) is 5.92 Å². The smallest absolute Gasteiger partial charge is 0.430 e. The molecular weight excluding hydrogens is 248 g/mol. The van der Waals surface area contributed by atoms with Gasteiger partial charge in [0.25, 0.3) is 0 Å². The second kappa shape index (κ2) is 11.7. The van der Waals surface area contributed by atoms with Gasteiger partial charge < -0.3 is 8.92 Å². The molecule has 0 aliphatic heterocycles. The summed E-state index contributed by atoms with van der Waals surface area (Å²) < 4.78 is 10.0. The molecule has 0 radical (unpaired) electrons. The van der Waals surface area contributed by atoms with E-state index in [4.69, 9.17) is 8.92 Å². The zero-order valence-corrected chi connectivity index (χ0v) is 13.1. The molecule has 0 saturated heterocycles. The third-order valence-corrected chi connectivity index (χ3v) is 3.29. The minimum atomic E-state index is -0.563. The van der Waals surface area contributed by atoms with Crippen LogP contribution in [-0.4, -0.2) is 18.5 Å². The second-order valence-electron chi connectivity index (χ2n) is 4.96. The molecule has 0 aliphatic rings. The second-order valence-corrected chi connectivity index (χ2v) is 5.46. The molecule has 0 heterocycles. The maximum absolute atomic E-state index is 11.3. The highest BCUT2D eigenvalue weighted by atomic mass is 32.2. The molecular formula is C14H28O3S. The largest absolute Gasteiger partial charge is 0.521 e. The van der Waals surface area contributed by atoms with E-state index in [0.29, 0.717) is 5.92 Å². The molecule has 3 nitrogen and oxygen atoms in total. The molecule has 0 N–H and O–H groups in total. The van der Waals surface area contributed by atoms with Gasteiger partial charge in [0, 0.05) is 6.26 Å². The summed E-state index contributed by atoms with van der Waals surface area (Å²) in [6.45, 7) is 6.38. The lowest BCUT2D eigenvalue weighted by Crippen LogP contribution is -2.23. The van der Waals surface area contributed by atoms with Gasteiger partial charge in [-0.25, -0.2) is 4.79 Å². The Hall–Kier alpha value is -0.380. The predicted octanol–water partition coefficient (Wildman–Crippen LogP) is 5.19. The first kappa shape index (κ1) is 17.6. The van der Waals surface area contributed by atoms with Gasteiger partial charge in [-0.3, -0.25) is 0 Å². The lowest BCUT2D eigenvalue weighted by molar-refractivity contribution is 0.0366. The number of hydrogen-bond donors (Lipinski definition) is 0. The zero-order valence-electron chi connectivity index (χ0n) is 12.2. The fraction of sp³-hybridized carbons (Fsp3) is 0.929. The van der Waals surface area contributed by atoms with Crippen molar-refractivity contribution in [3.63, 3.8) is 0 Å². The molecule has 0 spiro atoms. The van der Waals surface area contributed by atoms with Crippen molar-refractivity contribution >= 4 is 18.2 Å². The van der Waals surface area contributed by atoms with Crippen LogP contribution < -0.4 is 0 Å². The molecule has 0 aliphatic carbocycles. The molecule has 0 bridgehead atoms. The Bertz CT molecular complexity index is 207. The lowest BCUT2D eigenvalue weighted by Gasteiger charge is -2.20. The normalized spacial score (nSPS) is 12.5. The van der Waals surface area contributed by atoms with E-state index in [1.807, 2.05) is 0 Å². The van der Waals surface area contributed by atoms with Gasteiger partial charge in [0.2, 0.25) is 0 Å². The molecule has 1 unspecified atom stereocenters. The van der Waals surface area contributed by atoms with Crippen LogP contribution in [0.5, 0.6) is 0 Å². The van der Waals surface area contributed by atoms with E-state index in [0.717, 1.165) is 24.9 Å². The van der Waals surface area contributed by atoms with Gasteiger partial charge in [0.15, 0.2) is 0 Å². The molecule has 108 valence electrons. The van der Waals surface area contributed by atoms with E-state index in [1.165, 1.54) is 32.1 Å². The maximum atomic E-state index is 11.3. The van der Waals surface area contributed by atoms with Gasteiger partial charge in [-0.05, 0) is 18.8 Å². The average Bonchev–Trinajstić information content (AvgIpc) is 2.32. The van der Waals surface area contributed by atoms with Crippen molar-refractivity contribution in [2.45, 2.75) is 71.8 Å². The molecule has 0 rings (SSSR count). The summed E-state index contributed by atoms with van der Waals surface area (Å²) in [4.78, 5) is 11.3. The van der Waals surface area contributed by atoms with Crippen LogP contribution in [0.2, 0.25) is 0 Å². The number of carbonyl (C=O) groups excluding carboxylic acids is 1. The van der Waals surface area contributed by atoms with Crippen molar-refractivity contribution < 1.29 is 13.7 Å². The first-order valence-corrected chi connectivity index (χ1v) is 8.18. The summed E-state index contributed by atoms with van der Waals surface area (Å²) in [5.74, 6) is 0.343. The molecule has 0 aromatic rings. The number of rotatable bonds is 10. The minimum Gasteiger partial charge on any atom is -0.430 e. The van der Waals surface area contributed by atoms with Gasteiger partial charge in [-0.15, -0.1) is 0 Å². The van der Waals surface area contributed by atoms with Crippen LogP contribution in [0.25, 0.3) is 0 Å². The Morgan fingerprint density at radius 3 is 2.28 bits per heavy atom. The Morgan fingerprint density at radius 1 is 1.11 bits per heavy atom. The third kappa shape index (κ3) is 9.63. The fourth-order valence-corrected chi connectivity index (χ4v) is 2.04. The molecule has 0 aromatic heterocycles. The van der Waals surface area contributed by atoms with Crippen LogP contribution >= 0.6 is 12.0 Å². The number of carbonyl (C=O) groups is 1. The standard InChI is InChI=1S/C14H28O3S/c1-5-6-7-8-9-10-11-13(12(2)3)16-14(15)17-18-4/h12-13H,5-11H2,1-4H3. The Morgan fingerprint density at radius 2 is 1.72 bits per heavy atom. The molecule has 18 heavy (non-hydrogen) atoms. The highest BCUT2D eigenvalue weighted by Gasteiger charge is 2.18. The highest BCUT2D eigenvalue weighted by Crippen LogP contribution is 2.17. The van der Waals surface area contributed by atoms with Crippen molar-refractivity contribution in [2.24, 2.45) is 5.92 Å². The van der Waals surface area contributed by atoms with Crippen LogP contribution in [0.4, 0.5) is 4.79 Å². The van der Waals surface area contributed by atoms with Crippen LogP contribution in [-0.2, 0) is 8.92 Å². The quantitative estimate of drug-likeness (QED) is 0.312. The van der Waals surface area contributed by atoms with Gasteiger partial charge in [-0.1, -0.05) is 52.9 Å². The summed E-state index contributed by atoms with van der Waals surface area (Å²) in [7, 11) is 0. The monoisotopic (exact) mass is 276 g/mol. The molecule has 0 amide bonds. The van der Waals surface area contributed by atoms with E-state index >= 15 is 0 Å². The molecule has 1 atom stereocenters. The summed E-state index contributed by atoms with van der Waals surface area (Å²) in [5.41, 5.74) is 0. The predicted molar refractivity (Wildman–Crippen MR) is 77.7 cm³/mol. The first-order chi connectivity index (χ1) is 8.61. The first-order valence-electron chi connectivity index (χ1n) is 7.03. The molecule has 4 heteroatoms. The van der Waals surface area contributed by atoms with Crippen LogP contribution in [0.15, 0.2) is 0 Å². The number of hydrogen-bond acceptors (Lipinski definition) is 4. The van der Waals surface area contributed by atoms with Crippen molar-refractivity contribution in [2.75, 3.05) is 6.26 Å². The van der Waals surface area contributed by atoms with E-state index < -0.39 is 6.16 Å². The maximum Gasteiger partial charge on any atom is 0.521 e. The van der Waals surface area contributed by atoms with Crippen LogP contribution in [0.1, 0.15) is 65.7 Å². The molecule has 0 aromatic carbocycles. The SMILES string of the molecule is CCCCCCCCC(OC(=O)OSC)C(C)C. The van der Waals surface area contributed by atoms with E-state index in [9.17, 15) is 4.79 Å². The fourth-order valence-electron chi connectivity index (χ4n) is 1.87. The molecule has 0 saturated carbocycles. The van der Waals surface area contributed by atoms with Gasteiger partial charge in [-0.2, -0.15) is 0 Å². The topological polar surface area (TPSA) is 35.5 Å². The number of unbranched alkanes of at least 4 members (excludes halogenated alkanes) is 5. The van der Waals surface area contributed by atoms with Gasteiger partial charge in [0.1, 0.15) is 6.10 Å². The summed E-state index contributed by atoms with van der Waals surface area (Å²) in [6.07, 6.45) is 9.62. The summed E-state index contributed by atoms with van der Waals surface area (Å²) >= 11 is 1.03. The third-order valence-electron chi connectivity index (χ3n) is 2.98. The van der Waals surface area contributed by atoms with Crippen molar-refractivity contribution in [3.05, 3.63) is 0 Å². The Labute approximate surface area is 116 Å². The van der Waals surface area contributed by atoms with Crippen LogP contribution in [0.3, 0.4) is 0 Å². The summed E-state index contributed by atoms with van der Waals surface area (Å²) in [6, 6.07) is 0. The highest BCUT2D eigenvalue weighted by molar-refractivity contribution is 7.94. The van der Waals surface area contributed by atoms with Crippen molar-refractivity contribution in [3.8, 4) is 0 Å². The zero-order chi connectivity index (χ0) is 13.8. The average molecular weight is 276 g/mol. The van der Waals surface area contributed by atoms with Gasteiger partial charge >= 0.3 is 6.16 Å². The molecule has 0 fully saturated rings. The lowest BCUT2D eigenvalue weighted by atomic mass is 10.00. The van der Waals surface area contributed by atoms with Gasteiger partial charge in [0.05, 0.1) is 12.0 Å².